The second-order valence-electron chi connectivity index (χ2n) is 5.94. The monoisotopic (exact) mass is 332 g/mol. The standard InChI is InChI=1S/C17H19ClN3O2/c1-11-3-5-13(6-4-11)21-16(7-12(10-22)20-21)14-8-17(23-2)19-9-15(14)18/h7-11H,3-6H2,1-2H3. The zero-order valence-corrected chi connectivity index (χ0v) is 14.0. The number of ether oxygens (including phenoxy) is 1. The smallest absolute Gasteiger partial charge is 0.213 e. The van der Waals surface area contributed by atoms with Gasteiger partial charge in [0.2, 0.25) is 5.88 Å². The molecule has 2 aromatic rings. The van der Waals surface area contributed by atoms with Gasteiger partial charge in [-0.15, -0.1) is 0 Å². The fourth-order valence-corrected chi connectivity index (χ4v) is 3.12. The molecule has 1 aliphatic rings. The first-order chi connectivity index (χ1) is 11.1. The molecule has 1 fully saturated rings. The van der Waals surface area contributed by atoms with Crippen LogP contribution in [-0.2, 0) is 0 Å². The van der Waals surface area contributed by atoms with Crippen molar-refractivity contribution in [2.24, 2.45) is 5.92 Å². The summed E-state index contributed by atoms with van der Waals surface area (Å²) in [6.07, 6.45) is 6.55. The lowest BCUT2D eigenvalue weighted by Gasteiger charge is -2.27. The van der Waals surface area contributed by atoms with Gasteiger partial charge in [0.05, 0.1) is 30.1 Å². The van der Waals surface area contributed by atoms with Gasteiger partial charge in [-0.05, 0) is 37.7 Å². The molecule has 0 aliphatic heterocycles. The molecule has 0 spiro atoms. The number of hydrogen-bond acceptors (Lipinski definition) is 4. The molecule has 2 heterocycles. The summed E-state index contributed by atoms with van der Waals surface area (Å²) in [6, 6.07) is 4.76. The molecule has 0 atom stereocenters. The van der Waals surface area contributed by atoms with Crippen LogP contribution in [0.2, 0.25) is 5.02 Å². The topological polar surface area (TPSA) is 57.0 Å². The van der Waals surface area contributed by atoms with Crippen LogP contribution in [0.15, 0.2) is 18.3 Å². The summed E-state index contributed by atoms with van der Waals surface area (Å²) >= 11 is 6.32. The van der Waals surface area contributed by atoms with Crippen LogP contribution in [0.3, 0.4) is 0 Å². The molecule has 23 heavy (non-hydrogen) atoms. The van der Waals surface area contributed by atoms with Crippen LogP contribution < -0.4 is 4.74 Å². The Kier molecular flexibility index (Phi) is 4.66. The van der Waals surface area contributed by atoms with Crippen molar-refractivity contribution >= 4 is 17.9 Å². The molecule has 1 radical (unpaired) electrons. The zero-order chi connectivity index (χ0) is 16.4. The van der Waals surface area contributed by atoms with Gasteiger partial charge < -0.3 is 4.74 Å². The number of aldehydes is 1. The maximum atomic E-state index is 11.2. The van der Waals surface area contributed by atoms with Crippen LogP contribution in [0.5, 0.6) is 5.88 Å². The molecular weight excluding hydrogens is 314 g/mol. The highest BCUT2D eigenvalue weighted by Gasteiger charge is 2.25. The average molecular weight is 333 g/mol. The van der Waals surface area contributed by atoms with E-state index in [0.717, 1.165) is 49.1 Å². The molecule has 0 saturated heterocycles. The van der Waals surface area contributed by atoms with Crippen molar-refractivity contribution in [1.82, 2.24) is 14.8 Å². The Morgan fingerprint density at radius 3 is 2.74 bits per heavy atom. The first-order valence-corrected chi connectivity index (χ1v) is 8.10. The summed E-state index contributed by atoms with van der Waals surface area (Å²) in [4.78, 5) is 15.3. The lowest BCUT2D eigenvalue weighted by molar-refractivity contribution is 0.111. The number of carbonyl (C=O) groups excluding carboxylic acids is 1. The molecule has 121 valence electrons. The van der Waals surface area contributed by atoms with Gasteiger partial charge in [0.15, 0.2) is 6.29 Å². The highest BCUT2D eigenvalue weighted by atomic mass is 35.5. The Hall–Kier alpha value is -1.88. The Morgan fingerprint density at radius 2 is 2.09 bits per heavy atom. The van der Waals surface area contributed by atoms with Crippen LogP contribution >= 0.6 is 11.6 Å². The van der Waals surface area contributed by atoms with Gasteiger partial charge in [-0.3, -0.25) is 9.48 Å². The minimum absolute atomic E-state index is 0.401. The van der Waals surface area contributed by atoms with E-state index in [-0.39, 0.29) is 0 Å². The fraction of sp³-hybridized carbons (Fsp3) is 0.412. The van der Waals surface area contributed by atoms with Crippen LogP contribution in [0, 0.1) is 12.0 Å². The van der Waals surface area contributed by atoms with Gasteiger partial charge in [0.1, 0.15) is 5.69 Å². The number of carbonyl (C=O) groups is 1. The van der Waals surface area contributed by atoms with Gasteiger partial charge >= 0.3 is 0 Å². The summed E-state index contributed by atoms with van der Waals surface area (Å²) in [5, 5.41) is 4.95. The first-order valence-electron chi connectivity index (χ1n) is 7.72. The number of aromatic nitrogens is 3. The minimum Gasteiger partial charge on any atom is -0.481 e. The number of nitrogens with zero attached hydrogens (tertiary/aromatic N) is 3. The highest BCUT2D eigenvalue weighted by molar-refractivity contribution is 6.33. The van der Waals surface area contributed by atoms with Crippen molar-refractivity contribution < 1.29 is 9.53 Å². The molecule has 0 aromatic carbocycles. The third-order valence-electron chi connectivity index (χ3n) is 4.32. The molecule has 0 N–H and O–H groups in total. The van der Waals surface area contributed by atoms with Crippen LogP contribution in [0.25, 0.3) is 11.3 Å². The quantitative estimate of drug-likeness (QED) is 0.794. The number of methoxy groups -OCH3 is 1. The third-order valence-corrected chi connectivity index (χ3v) is 4.62. The van der Waals surface area contributed by atoms with Crippen LogP contribution in [0.1, 0.15) is 43.1 Å². The molecule has 1 saturated carbocycles. The maximum Gasteiger partial charge on any atom is 0.213 e. The van der Waals surface area contributed by atoms with E-state index in [0.29, 0.717) is 16.6 Å². The summed E-state index contributed by atoms with van der Waals surface area (Å²) in [5.41, 5.74) is 1.98. The lowest BCUT2D eigenvalue weighted by Crippen LogP contribution is -2.19. The van der Waals surface area contributed by atoms with E-state index in [1.807, 2.05) is 4.68 Å². The lowest BCUT2D eigenvalue weighted by atomic mass is 9.87. The Bertz CT molecular complexity index is 706. The molecular formula is C17H19ClN3O2. The Balaban J connectivity index is 2.05. The van der Waals surface area contributed by atoms with Crippen LogP contribution in [-0.4, -0.2) is 28.2 Å². The zero-order valence-electron chi connectivity index (χ0n) is 13.3. The molecule has 6 heteroatoms. The van der Waals surface area contributed by atoms with E-state index in [4.69, 9.17) is 16.3 Å². The maximum absolute atomic E-state index is 11.2. The predicted octanol–water partition coefficient (Wildman–Crippen LogP) is 4.01. The van der Waals surface area contributed by atoms with E-state index < -0.39 is 0 Å². The molecule has 3 rings (SSSR count). The minimum atomic E-state index is 0.401. The van der Waals surface area contributed by atoms with Crippen molar-refractivity contribution in [1.29, 1.82) is 0 Å². The average Bonchev–Trinajstić information content (AvgIpc) is 3.00. The highest BCUT2D eigenvalue weighted by Crippen LogP contribution is 2.36. The number of halogens is 1. The SMILES string of the molecule is COc1cc(-c2cc(C=O)nn2[C]2CCC(C)CC2)c(Cl)cn1. The van der Waals surface area contributed by atoms with Gasteiger partial charge in [-0.1, -0.05) is 18.5 Å². The predicted molar refractivity (Wildman–Crippen MR) is 88.7 cm³/mol. The van der Waals surface area contributed by atoms with Crippen molar-refractivity contribution in [2.75, 3.05) is 7.11 Å². The largest absolute Gasteiger partial charge is 0.481 e. The summed E-state index contributed by atoms with van der Waals surface area (Å²) in [7, 11) is 1.56. The molecule has 2 aromatic heterocycles. The van der Waals surface area contributed by atoms with Crippen LogP contribution in [0.4, 0.5) is 0 Å². The second kappa shape index (κ2) is 6.71. The van der Waals surface area contributed by atoms with Gasteiger partial charge in [-0.2, -0.15) is 5.10 Å². The van der Waals surface area contributed by atoms with E-state index in [1.54, 1.807) is 25.4 Å². The summed E-state index contributed by atoms with van der Waals surface area (Å²) in [5.74, 6) is 1.21. The fourth-order valence-electron chi connectivity index (χ4n) is 2.92. The Morgan fingerprint density at radius 1 is 1.35 bits per heavy atom. The van der Waals surface area contributed by atoms with Crippen molar-refractivity contribution in [3.63, 3.8) is 0 Å². The number of pyridine rings is 1. The van der Waals surface area contributed by atoms with E-state index in [9.17, 15) is 4.79 Å². The Labute approximate surface area is 140 Å². The number of rotatable bonds is 4. The first kappa shape index (κ1) is 16.0. The molecule has 5 nitrogen and oxygen atoms in total. The van der Waals surface area contributed by atoms with E-state index in [2.05, 4.69) is 17.0 Å². The van der Waals surface area contributed by atoms with Crippen molar-refractivity contribution in [3.8, 4) is 17.1 Å². The second-order valence-corrected chi connectivity index (χ2v) is 6.35. The van der Waals surface area contributed by atoms with Gasteiger partial charge in [0, 0.05) is 11.6 Å². The summed E-state index contributed by atoms with van der Waals surface area (Å²) < 4.78 is 7.06. The third kappa shape index (κ3) is 3.24. The normalized spacial score (nSPS) is 16.5. The number of hydrogen-bond donors (Lipinski definition) is 0. The summed E-state index contributed by atoms with van der Waals surface area (Å²) in [6.45, 7) is 2.27. The van der Waals surface area contributed by atoms with E-state index >= 15 is 0 Å². The van der Waals surface area contributed by atoms with E-state index in [1.165, 1.54) is 6.04 Å². The molecule has 0 unspecified atom stereocenters. The molecule has 1 aliphatic carbocycles. The molecule has 0 amide bonds. The van der Waals surface area contributed by atoms with Gasteiger partial charge in [-0.25, -0.2) is 4.98 Å². The van der Waals surface area contributed by atoms with Crippen molar-refractivity contribution in [3.05, 3.63) is 35.1 Å². The van der Waals surface area contributed by atoms with Crippen molar-refractivity contribution in [2.45, 2.75) is 32.6 Å². The van der Waals surface area contributed by atoms with Gasteiger partial charge in [0.25, 0.3) is 0 Å². The molecule has 0 bridgehead atoms.